The molecule has 4 rings (SSSR count). The summed E-state index contributed by atoms with van der Waals surface area (Å²) < 4.78 is 59.5. The largest absolute Gasteiger partial charge is 0.486 e. The molecule has 2 aliphatic rings. The molecule has 2 aliphatic carbocycles. The predicted octanol–water partition coefficient (Wildman–Crippen LogP) is 5.10. The maximum Gasteiger partial charge on any atom is 0.416 e. The molecule has 0 saturated heterocycles. The Morgan fingerprint density at radius 2 is 1.93 bits per heavy atom. The highest BCUT2D eigenvalue weighted by molar-refractivity contribution is 5.75. The molecule has 1 saturated carbocycles. The Kier molecular flexibility index (Phi) is 4.13. The quantitative estimate of drug-likeness (QED) is 0.751. The van der Waals surface area contributed by atoms with Crippen molar-refractivity contribution in [3.05, 3.63) is 64.5 Å². The van der Waals surface area contributed by atoms with Crippen LogP contribution in [0.3, 0.4) is 0 Å². The number of hydrogen-bond donors (Lipinski definition) is 1. The summed E-state index contributed by atoms with van der Waals surface area (Å²) in [5, 5.41) is 8.97. The van der Waals surface area contributed by atoms with E-state index in [0.717, 1.165) is 6.07 Å². The van der Waals surface area contributed by atoms with Crippen LogP contribution in [0.5, 0.6) is 5.75 Å². The van der Waals surface area contributed by atoms with Crippen molar-refractivity contribution in [2.24, 2.45) is 5.92 Å². The summed E-state index contributed by atoms with van der Waals surface area (Å²) >= 11 is 0. The fourth-order valence-electron chi connectivity index (χ4n) is 3.86. The lowest BCUT2D eigenvalue weighted by Gasteiger charge is -2.17. The summed E-state index contributed by atoms with van der Waals surface area (Å²) in [7, 11) is 0. The number of halogens is 4. The van der Waals surface area contributed by atoms with E-state index < -0.39 is 35.5 Å². The van der Waals surface area contributed by atoms with E-state index in [9.17, 15) is 22.4 Å². The lowest BCUT2D eigenvalue weighted by Crippen LogP contribution is -2.10. The molecule has 0 radical (unpaired) electrons. The van der Waals surface area contributed by atoms with E-state index in [0.29, 0.717) is 24.0 Å². The summed E-state index contributed by atoms with van der Waals surface area (Å²) in [6.07, 6.45) is -3.95. The van der Waals surface area contributed by atoms with E-state index >= 15 is 0 Å². The lowest BCUT2D eigenvalue weighted by molar-refractivity contribution is -0.139. The molecule has 142 valence electrons. The molecule has 0 heterocycles. The number of alkyl halides is 3. The summed E-state index contributed by atoms with van der Waals surface area (Å²) in [4.78, 5) is 10.9. The third-order valence-corrected chi connectivity index (χ3v) is 5.28. The topological polar surface area (TPSA) is 46.5 Å². The second-order valence-electron chi connectivity index (χ2n) is 6.99. The molecule has 2 aromatic carbocycles. The van der Waals surface area contributed by atoms with Crippen molar-refractivity contribution in [2.45, 2.75) is 37.5 Å². The summed E-state index contributed by atoms with van der Waals surface area (Å²) in [6.45, 7) is 0. The van der Waals surface area contributed by atoms with Crippen LogP contribution in [0.4, 0.5) is 17.6 Å². The van der Waals surface area contributed by atoms with Gasteiger partial charge in [0.1, 0.15) is 17.7 Å². The first kappa shape index (κ1) is 17.8. The van der Waals surface area contributed by atoms with Gasteiger partial charge >= 0.3 is 12.1 Å². The van der Waals surface area contributed by atoms with Crippen molar-refractivity contribution in [1.29, 1.82) is 0 Å². The Bertz CT molecular complexity index is 907. The molecule has 27 heavy (non-hydrogen) atoms. The number of benzene rings is 2. The first-order chi connectivity index (χ1) is 12.8. The Morgan fingerprint density at radius 1 is 1.15 bits per heavy atom. The second-order valence-corrected chi connectivity index (χ2v) is 6.99. The first-order valence-electron chi connectivity index (χ1n) is 8.63. The highest BCUT2D eigenvalue weighted by Crippen LogP contribution is 2.49. The van der Waals surface area contributed by atoms with Crippen LogP contribution in [0.25, 0.3) is 0 Å². The lowest BCUT2D eigenvalue weighted by atomic mass is 10.0. The third-order valence-electron chi connectivity index (χ3n) is 5.28. The minimum absolute atomic E-state index is 0.221. The van der Waals surface area contributed by atoms with Gasteiger partial charge in [-0.25, -0.2) is 4.39 Å². The molecule has 7 heteroatoms. The zero-order chi connectivity index (χ0) is 19.3. The molecule has 0 bridgehead atoms. The van der Waals surface area contributed by atoms with Gasteiger partial charge in [0.05, 0.1) is 11.5 Å². The predicted molar refractivity (Wildman–Crippen MR) is 88.0 cm³/mol. The van der Waals surface area contributed by atoms with Crippen molar-refractivity contribution < 1.29 is 32.2 Å². The first-order valence-corrected chi connectivity index (χ1v) is 8.63. The van der Waals surface area contributed by atoms with Gasteiger partial charge in [-0.2, -0.15) is 13.2 Å². The summed E-state index contributed by atoms with van der Waals surface area (Å²) in [5.41, 5.74) is 0.388. The van der Waals surface area contributed by atoms with E-state index in [1.807, 2.05) is 0 Å². The van der Waals surface area contributed by atoms with E-state index in [4.69, 9.17) is 9.84 Å². The van der Waals surface area contributed by atoms with Gasteiger partial charge in [0.25, 0.3) is 0 Å². The van der Waals surface area contributed by atoms with Crippen LogP contribution in [-0.4, -0.2) is 11.1 Å². The van der Waals surface area contributed by atoms with Crippen LogP contribution < -0.4 is 4.74 Å². The molecule has 1 N–H and O–H groups in total. The SMILES string of the molecule is O=C(O)C1CC1c1ccc(OC2CCc3c2cccc3C(F)(F)F)cc1F. The smallest absolute Gasteiger partial charge is 0.416 e. The number of fused-ring (bicyclic) bond motifs is 1. The Hall–Kier alpha value is -2.57. The number of carboxylic acids is 1. The molecule has 3 unspecified atom stereocenters. The van der Waals surface area contributed by atoms with Crippen molar-refractivity contribution in [3.8, 4) is 5.75 Å². The Balaban J connectivity index is 1.54. The molecule has 0 aliphatic heterocycles. The van der Waals surface area contributed by atoms with E-state index in [-0.39, 0.29) is 23.7 Å². The number of ether oxygens (including phenoxy) is 1. The van der Waals surface area contributed by atoms with Crippen LogP contribution in [0.1, 0.15) is 47.1 Å². The minimum Gasteiger partial charge on any atom is -0.486 e. The zero-order valence-corrected chi connectivity index (χ0v) is 14.1. The second kappa shape index (κ2) is 6.25. The Labute approximate surface area is 152 Å². The number of carboxylic acid groups (broad SMARTS) is 1. The number of aliphatic carboxylic acids is 1. The van der Waals surface area contributed by atoms with Gasteiger partial charge in [0.15, 0.2) is 0 Å². The van der Waals surface area contributed by atoms with Crippen molar-refractivity contribution >= 4 is 5.97 Å². The van der Waals surface area contributed by atoms with Crippen molar-refractivity contribution in [3.63, 3.8) is 0 Å². The van der Waals surface area contributed by atoms with Crippen LogP contribution in [0.15, 0.2) is 36.4 Å². The number of carbonyl (C=O) groups is 1. The molecule has 0 amide bonds. The number of hydrogen-bond acceptors (Lipinski definition) is 2. The van der Waals surface area contributed by atoms with Gasteiger partial charge in [0.2, 0.25) is 0 Å². The van der Waals surface area contributed by atoms with Gasteiger partial charge in [-0.1, -0.05) is 18.2 Å². The summed E-state index contributed by atoms with van der Waals surface area (Å²) in [5.74, 6) is -2.17. The average molecular weight is 380 g/mol. The van der Waals surface area contributed by atoms with Gasteiger partial charge < -0.3 is 9.84 Å². The molecular formula is C20H16F4O3. The maximum atomic E-state index is 14.3. The molecule has 0 spiro atoms. The van der Waals surface area contributed by atoms with Gasteiger partial charge in [0, 0.05) is 12.0 Å². The molecular weight excluding hydrogens is 364 g/mol. The van der Waals surface area contributed by atoms with E-state index in [2.05, 4.69) is 0 Å². The fourth-order valence-corrected chi connectivity index (χ4v) is 3.86. The maximum absolute atomic E-state index is 14.3. The van der Waals surface area contributed by atoms with E-state index in [1.54, 1.807) is 12.1 Å². The Morgan fingerprint density at radius 3 is 2.56 bits per heavy atom. The van der Waals surface area contributed by atoms with Gasteiger partial charge in [-0.05, 0) is 48.1 Å². The average Bonchev–Trinajstić information content (AvgIpc) is 3.29. The van der Waals surface area contributed by atoms with Crippen molar-refractivity contribution in [2.75, 3.05) is 0 Å². The van der Waals surface area contributed by atoms with Gasteiger partial charge in [-0.3, -0.25) is 4.79 Å². The normalized spacial score (nSPS) is 23.8. The van der Waals surface area contributed by atoms with Crippen LogP contribution in [-0.2, 0) is 17.4 Å². The molecule has 3 nitrogen and oxygen atoms in total. The zero-order valence-electron chi connectivity index (χ0n) is 14.1. The van der Waals surface area contributed by atoms with Crippen LogP contribution in [0.2, 0.25) is 0 Å². The standard InChI is InChI=1S/C20H16F4O3/c21-17-8-10(4-5-12(17)14-9-15(14)19(25)26)27-18-7-6-11-13(18)2-1-3-16(11)20(22,23)24/h1-5,8,14-15,18H,6-7,9H2,(H,25,26). The van der Waals surface area contributed by atoms with E-state index in [1.165, 1.54) is 18.2 Å². The summed E-state index contributed by atoms with van der Waals surface area (Å²) in [6, 6.07) is 8.24. The number of rotatable bonds is 4. The molecule has 1 fully saturated rings. The molecule has 3 atom stereocenters. The highest BCUT2D eigenvalue weighted by atomic mass is 19.4. The minimum atomic E-state index is -4.42. The fraction of sp³-hybridized carbons (Fsp3) is 0.350. The molecule has 2 aromatic rings. The van der Waals surface area contributed by atoms with Crippen LogP contribution >= 0.6 is 0 Å². The monoisotopic (exact) mass is 380 g/mol. The van der Waals surface area contributed by atoms with Gasteiger partial charge in [-0.15, -0.1) is 0 Å². The highest BCUT2D eigenvalue weighted by Gasteiger charge is 2.45. The van der Waals surface area contributed by atoms with Crippen molar-refractivity contribution in [1.82, 2.24) is 0 Å². The molecule has 0 aromatic heterocycles. The third kappa shape index (κ3) is 3.26. The van der Waals surface area contributed by atoms with Crippen LogP contribution in [0, 0.1) is 11.7 Å².